The van der Waals surface area contributed by atoms with E-state index in [4.69, 9.17) is 9.05 Å². The summed E-state index contributed by atoms with van der Waals surface area (Å²) in [6, 6.07) is 18.0. The fourth-order valence-corrected chi connectivity index (χ4v) is 4.69. The fourth-order valence-electron chi connectivity index (χ4n) is 3.02. The van der Waals surface area contributed by atoms with Gasteiger partial charge in [0.2, 0.25) is 0 Å². The van der Waals surface area contributed by atoms with Gasteiger partial charge < -0.3 is 13.9 Å². The maximum absolute atomic E-state index is 13.1. The number of hydrogen-bond donors (Lipinski definition) is 0. The maximum Gasteiger partial charge on any atom is 0.356 e. The van der Waals surface area contributed by atoms with Crippen LogP contribution in [0.25, 0.3) is 11.8 Å². The summed E-state index contributed by atoms with van der Waals surface area (Å²) in [4.78, 5) is 1.98. The fraction of sp³-hybridized carbons (Fsp3) is 0.222. The molecule has 0 bridgehead atoms. The average molecular weight is 329 g/mol. The summed E-state index contributed by atoms with van der Waals surface area (Å²) >= 11 is 0. The number of benzene rings is 2. The van der Waals surface area contributed by atoms with Crippen LogP contribution in [-0.4, -0.2) is 26.2 Å². The molecule has 0 aromatic heterocycles. The minimum absolute atomic E-state index is 0.478. The second-order valence-electron chi connectivity index (χ2n) is 5.41. The molecule has 1 aliphatic heterocycles. The predicted octanol–water partition coefficient (Wildman–Crippen LogP) is 4.61. The highest BCUT2D eigenvalue weighted by Gasteiger charge is 2.42. The highest BCUT2D eigenvalue weighted by molar-refractivity contribution is 7.54. The molecule has 1 aliphatic rings. The van der Waals surface area contributed by atoms with Gasteiger partial charge in [-0.2, -0.15) is 0 Å². The third kappa shape index (κ3) is 2.74. The van der Waals surface area contributed by atoms with E-state index in [0.717, 1.165) is 22.4 Å². The van der Waals surface area contributed by atoms with Crippen molar-refractivity contribution in [1.82, 2.24) is 4.90 Å². The van der Waals surface area contributed by atoms with Gasteiger partial charge in [0.05, 0.1) is 0 Å². The van der Waals surface area contributed by atoms with E-state index in [1.807, 2.05) is 66.5 Å². The zero-order valence-electron chi connectivity index (χ0n) is 13.5. The van der Waals surface area contributed by atoms with Crippen LogP contribution in [0.5, 0.6) is 0 Å². The van der Waals surface area contributed by atoms with E-state index < -0.39 is 13.4 Å². The highest BCUT2D eigenvalue weighted by Crippen LogP contribution is 2.63. The van der Waals surface area contributed by atoms with Crippen molar-refractivity contribution < 1.29 is 13.6 Å². The number of fused-ring (bicyclic) bond motifs is 1. The molecule has 3 rings (SSSR count). The second-order valence-corrected chi connectivity index (χ2v) is 7.71. The van der Waals surface area contributed by atoms with Crippen LogP contribution in [0.4, 0.5) is 0 Å². The van der Waals surface area contributed by atoms with E-state index >= 15 is 0 Å². The summed E-state index contributed by atoms with van der Waals surface area (Å²) < 4.78 is 23.7. The normalized spacial score (nSPS) is 17.6. The Kier molecular flexibility index (Phi) is 4.40. The number of rotatable bonds is 4. The van der Waals surface area contributed by atoms with Crippen LogP contribution in [0, 0.1) is 0 Å². The van der Waals surface area contributed by atoms with Crippen molar-refractivity contribution in [3.8, 4) is 0 Å². The minimum atomic E-state index is -3.32. The van der Waals surface area contributed by atoms with Gasteiger partial charge in [0, 0.05) is 27.0 Å². The lowest BCUT2D eigenvalue weighted by molar-refractivity contribution is 0.239. The molecule has 0 radical (unpaired) electrons. The van der Waals surface area contributed by atoms with Crippen molar-refractivity contribution in [2.45, 2.75) is 5.78 Å². The van der Waals surface area contributed by atoms with Gasteiger partial charge >= 0.3 is 7.60 Å². The molecular formula is C18H20NO3P. The van der Waals surface area contributed by atoms with E-state index in [2.05, 4.69) is 6.08 Å². The summed E-state index contributed by atoms with van der Waals surface area (Å²) in [6.45, 7) is 0. The van der Waals surface area contributed by atoms with Crippen LogP contribution in [0.15, 0.2) is 54.6 Å². The third-order valence-corrected chi connectivity index (χ3v) is 6.43. The topological polar surface area (TPSA) is 38.8 Å². The van der Waals surface area contributed by atoms with E-state index in [1.165, 1.54) is 14.2 Å². The largest absolute Gasteiger partial charge is 0.356 e. The Hall–Kier alpha value is -1.87. The lowest BCUT2D eigenvalue weighted by atomic mass is 9.98. The van der Waals surface area contributed by atoms with Gasteiger partial charge in [0.1, 0.15) is 0 Å². The van der Waals surface area contributed by atoms with Crippen LogP contribution in [-0.2, 0) is 13.6 Å². The number of nitrogens with zero attached hydrogens (tertiary/aromatic N) is 1. The first-order chi connectivity index (χ1) is 11.1. The molecule has 0 saturated carbocycles. The molecule has 0 N–H and O–H groups in total. The van der Waals surface area contributed by atoms with Gasteiger partial charge in [-0.1, -0.05) is 54.6 Å². The molecule has 1 unspecified atom stereocenters. The van der Waals surface area contributed by atoms with Crippen LogP contribution in [0.3, 0.4) is 0 Å². The molecule has 120 valence electrons. The first kappa shape index (κ1) is 16.0. The lowest BCUT2D eigenvalue weighted by Crippen LogP contribution is -2.27. The molecule has 0 aliphatic carbocycles. The standard InChI is InChI=1S/C18H20NO3P/c1-19-17(14-9-5-4-6-10-14)13-15-11-7-8-12-16(15)18(19)23(20,21-2)22-3/h4-13,18H,1-3H3. The first-order valence-electron chi connectivity index (χ1n) is 7.41. The van der Waals surface area contributed by atoms with Crippen LogP contribution in [0.2, 0.25) is 0 Å². The molecule has 0 fully saturated rings. The second kappa shape index (κ2) is 6.32. The van der Waals surface area contributed by atoms with E-state index in [9.17, 15) is 4.57 Å². The summed E-state index contributed by atoms with van der Waals surface area (Å²) in [5, 5.41) is 0. The molecule has 5 heteroatoms. The Morgan fingerprint density at radius 3 is 2.22 bits per heavy atom. The van der Waals surface area contributed by atoms with Crippen LogP contribution in [0.1, 0.15) is 22.5 Å². The molecule has 4 nitrogen and oxygen atoms in total. The molecule has 2 aromatic carbocycles. The summed E-state index contributed by atoms with van der Waals surface area (Å²) in [5.74, 6) is -0.478. The molecule has 1 atom stereocenters. The highest BCUT2D eigenvalue weighted by atomic mass is 31.2. The van der Waals surface area contributed by atoms with Crippen molar-refractivity contribution in [2.75, 3.05) is 21.3 Å². The van der Waals surface area contributed by atoms with E-state index in [1.54, 1.807) is 0 Å². The van der Waals surface area contributed by atoms with Crippen molar-refractivity contribution in [3.05, 3.63) is 71.3 Å². The van der Waals surface area contributed by atoms with E-state index in [-0.39, 0.29) is 0 Å². The van der Waals surface area contributed by atoms with Gasteiger partial charge in [-0.15, -0.1) is 0 Å². The molecule has 0 saturated heterocycles. The van der Waals surface area contributed by atoms with E-state index in [0.29, 0.717) is 0 Å². The van der Waals surface area contributed by atoms with Gasteiger partial charge in [-0.05, 0) is 22.8 Å². The Balaban J connectivity index is 2.20. The predicted molar refractivity (Wildman–Crippen MR) is 92.9 cm³/mol. The SMILES string of the molecule is COP(=O)(OC)C1c2ccccc2C=C(c2ccccc2)N1C. The smallest absolute Gasteiger partial charge is 0.356 e. The van der Waals surface area contributed by atoms with Crippen molar-refractivity contribution in [1.29, 1.82) is 0 Å². The Morgan fingerprint density at radius 2 is 1.57 bits per heavy atom. The van der Waals surface area contributed by atoms with Gasteiger partial charge in [-0.3, -0.25) is 4.57 Å². The Morgan fingerprint density at radius 1 is 0.957 bits per heavy atom. The first-order valence-corrected chi connectivity index (χ1v) is 9.02. The van der Waals surface area contributed by atoms with Crippen LogP contribution < -0.4 is 0 Å². The molecule has 2 aromatic rings. The van der Waals surface area contributed by atoms with Crippen molar-refractivity contribution in [3.63, 3.8) is 0 Å². The van der Waals surface area contributed by atoms with Gasteiger partial charge in [0.25, 0.3) is 0 Å². The number of hydrogen-bond acceptors (Lipinski definition) is 4. The zero-order chi connectivity index (χ0) is 16.4. The summed E-state index contributed by atoms with van der Waals surface area (Å²) in [6.07, 6.45) is 2.11. The third-order valence-electron chi connectivity index (χ3n) is 4.19. The van der Waals surface area contributed by atoms with Crippen molar-refractivity contribution in [2.24, 2.45) is 0 Å². The Labute approximate surface area is 136 Å². The monoisotopic (exact) mass is 329 g/mol. The molecule has 1 heterocycles. The summed E-state index contributed by atoms with van der Waals surface area (Å²) in [7, 11) is 1.47. The van der Waals surface area contributed by atoms with Crippen LogP contribution >= 0.6 is 7.60 Å². The van der Waals surface area contributed by atoms with Gasteiger partial charge in [-0.25, -0.2) is 0 Å². The maximum atomic E-state index is 13.1. The minimum Gasteiger partial charge on any atom is -0.356 e. The van der Waals surface area contributed by atoms with Crippen molar-refractivity contribution >= 4 is 19.4 Å². The summed E-state index contributed by atoms with van der Waals surface area (Å²) in [5.41, 5.74) is 4.03. The zero-order valence-corrected chi connectivity index (χ0v) is 14.4. The molecular weight excluding hydrogens is 309 g/mol. The quantitative estimate of drug-likeness (QED) is 0.768. The molecule has 23 heavy (non-hydrogen) atoms. The Bertz CT molecular complexity index is 765. The average Bonchev–Trinajstić information content (AvgIpc) is 2.61. The molecule has 0 spiro atoms. The van der Waals surface area contributed by atoms with Gasteiger partial charge in [0.15, 0.2) is 5.78 Å². The molecule has 0 amide bonds. The lowest BCUT2D eigenvalue weighted by Gasteiger charge is -2.39.